The van der Waals surface area contributed by atoms with Gasteiger partial charge in [0.2, 0.25) is 5.91 Å². The second kappa shape index (κ2) is 5.50. The lowest BCUT2D eigenvalue weighted by Gasteiger charge is -2.11. The van der Waals surface area contributed by atoms with Gasteiger partial charge in [0.15, 0.2) is 0 Å². The molecule has 3 rings (SSSR count). The lowest BCUT2D eigenvalue weighted by Crippen LogP contribution is -2.22. The van der Waals surface area contributed by atoms with Gasteiger partial charge in [-0.25, -0.2) is 4.68 Å². The number of thioether (sulfide) groups is 1. The van der Waals surface area contributed by atoms with Crippen molar-refractivity contribution in [2.75, 3.05) is 5.32 Å². The van der Waals surface area contributed by atoms with Crippen LogP contribution in [0.15, 0.2) is 30.3 Å². The van der Waals surface area contributed by atoms with Crippen molar-refractivity contribution in [3.05, 3.63) is 41.6 Å². The average molecular weight is 308 g/mol. The Bertz CT molecular complexity index is 639. The van der Waals surface area contributed by atoms with E-state index in [0.717, 1.165) is 34.3 Å². The number of rotatable bonds is 3. The zero-order valence-corrected chi connectivity index (χ0v) is 12.5. The standard InChI is InChI=1S/C14H14ClN3OS/c1-9(15)14(19)16-13-11-7-20-8-12(11)17-18(13)10-5-3-2-4-6-10/h2-6,9H,7-8H2,1H3,(H,16,19)/t9-/m0/s1. The summed E-state index contributed by atoms with van der Waals surface area (Å²) in [4.78, 5) is 11.9. The van der Waals surface area contributed by atoms with E-state index < -0.39 is 5.38 Å². The van der Waals surface area contributed by atoms with Gasteiger partial charge in [-0.05, 0) is 19.1 Å². The minimum Gasteiger partial charge on any atom is -0.309 e. The summed E-state index contributed by atoms with van der Waals surface area (Å²) in [6.07, 6.45) is 0. The maximum atomic E-state index is 11.9. The zero-order chi connectivity index (χ0) is 14.1. The normalized spacial score (nSPS) is 14.9. The molecular weight excluding hydrogens is 294 g/mol. The van der Waals surface area contributed by atoms with Crippen LogP contribution in [0.3, 0.4) is 0 Å². The van der Waals surface area contributed by atoms with Gasteiger partial charge in [-0.1, -0.05) is 18.2 Å². The van der Waals surface area contributed by atoms with Crippen LogP contribution in [-0.4, -0.2) is 21.1 Å². The van der Waals surface area contributed by atoms with E-state index in [2.05, 4.69) is 10.4 Å². The van der Waals surface area contributed by atoms with Gasteiger partial charge in [-0.15, -0.1) is 11.6 Å². The molecule has 0 saturated heterocycles. The van der Waals surface area contributed by atoms with E-state index in [4.69, 9.17) is 11.6 Å². The first kappa shape index (κ1) is 13.5. The average Bonchev–Trinajstić information content (AvgIpc) is 3.02. The van der Waals surface area contributed by atoms with Crippen molar-refractivity contribution in [2.24, 2.45) is 0 Å². The number of fused-ring (bicyclic) bond motifs is 1. The topological polar surface area (TPSA) is 46.9 Å². The Morgan fingerprint density at radius 3 is 2.85 bits per heavy atom. The minimum absolute atomic E-state index is 0.205. The third kappa shape index (κ3) is 2.43. The number of halogens is 1. The maximum Gasteiger partial charge on any atom is 0.243 e. The first-order valence-electron chi connectivity index (χ1n) is 6.35. The lowest BCUT2D eigenvalue weighted by atomic mass is 10.2. The zero-order valence-electron chi connectivity index (χ0n) is 11.0. The summed E-state index contributed by atoms with van der Waals surface area (Å²) >= 11 is 7.65. The van der Waals surface area contributed by atoms with Gasteiger partial charge in [-0.2, -0.15) is 16.9 Å². The predicted molar refractivity (Wildman–Crippen MR) is 82.5 cm³/mol. The Kier molecular flexibility index (Phi) is 3.72. The van der Waals surface area contributed by atoms with Crippen molar-refractivity contribution in [1.82, 2.24) is 9.78 Å². The van der Waals surface area contributed by atoms with Crippen molar-refractivity contribution in [2.45, 2.75) is 23.8 Å². The van der Waals surface area contributed by atoms with Gasteiger partial charge in [0.25, 0.3) is 0 Å². The van der Waals surface area contributed by atoms with E-state index in [1.165, 1.54) is 0 Å². The highest BCUT2D eigenvalue weighted by Gasteiger charge is 2.25. The number of hydrogen-bond acceptors (Lipinski definition) is 3. The van der Waals surface area contributed by atoms with Crippen LogP contribution in [0.4, 0.5) is 5.82 Å². The summed E-state index contributed by atoms with van der Waals surface area (Å²) in [5.74, 6) is 2.29. The van der Waals surface area contributed by atoms with Crippen LogP contribution in [0, 0.1) is 0 Å². The summed E-state index contributed by atoms with van der Waals surface area (Å²) in [7, 11) is 0. The molecule has 0 bridgehead atoms. The lowest BCUT2D eigenvalue weighted by molar-refractivity contribution is -0.115. The van der Waals surface area contributed by atoms with Crippen molar-refractivity contribution < 1.29 is 4.79 Å². The molecule has 0 radical (unpaired) electrons. The van der Waals surface area contributed by atoms with E-state index in [0.29, 0.717) is 0 Å². The van der Waals surface area contributed by atoms with Gasteiger partial charge in [0.05, 0.1) is 11.4 Å². The number of hydrogen-bond donors (Lipinski definition) is 1. The second-order valence-electron chi connectivity index (χ2n) is 4.62. The first-order valence-corrected chi connectivity index (χ1v) is 7.95. The number of para-hydroxylation sites is 1. The number of anilines is 1. The SMILES string of the molecule is C[C@H](Cl)C(=O)Nc1c2c(nn1-c1ccccc1)CSC2. The fourth-order valence-electron chi connectivity index (χ4n) is 2.11. The Balaban J connectivity index is 2.04. The Labute approximate surface area is 126 Å². The molecule has 1 aromatic carbocycles. The summed E-state index contributed by atoms with van der Waals surface area (Å²) in [6, 6.07) is 9.79. The molecule has 0 unspecified atom stereocenters. The number of nitrogens with zero attached hydrogens (tertiary/aromatic N) is 2. The van der Waals surface area contributed by atoms with Crippen LogP contribution in [0.2, 0.25) is 0 Å². The molecule has 2 aromatic rings. The molecule has 1 aromatic heterocycles. The minimum atomic E-state index is -0.571. The highest BCUT2D eigenvalue weighted by Crippen LogP contribution is 2.36. The number of nitrogens with one attached hydrogen (secondary N) is 1. The maximum absolute atomic E-state index is 11.9. The summed E-state index contributed by atoms with van der Waals surface area (Å²) < 4.78 is 1.79. The van der Waals surface area contributed by atoms with Gasteiger partial charge in [-0.3, -0.25) is 4.79 Å². The monoisotopic (exact) mass is 307 g/mol. The Morgan fingerprint density at radius 2 is 2.15 bits per heavy atom. The largest absolute Gasteiger partial charge is 0.309 e. The molecule has 104 valence electrons. The molecule has 1 atom stereocenters. The van der Waals surface area contributed by atoms with Gasteiger partial charge >= 0.3 is 0 Å². The van der Waals surface area contributed by atoms with Crippen molar-refractivity contribution in [3.63, 3.8) is 0 Å². The molecule has 20 heavy (non-hydrogen) atoms. The van der Waals surface area contributed by atoms with E-state index in [1.807, 2.05) is 30.3 Å². The molecule has 0 saturated carbocycles. The van der Waals surface area contributed by atoms with Gasteiger partial charge in [0.1, 0.15) is 11.2 Å². The third-order valence-corrected chi connectivity index (χ3v) is 4.32. The van der Waals surface area contributed by atoms with Crippen molar-refractivity contribution in [3.8, 4) is 5.69 Å². The van der Waals surface area contributed by atoms with E-state index in [9.17, 15) is 4.79 Å². The molecule has 1 N–H and O–H groups in total. The molecule has 0 aliphatic carbocycles. The molecule has 6 heteroatoms. The fraction of sp³-hybridized carbons (Fsp3) is 0.286. The van der Waals surface area contributed by atoms with E-state index >= 15 is 0 Å². The van der Waals surface area contributed by atoms with Crippen LogP contribution in [0.5, 0.6) is 0 Å². The number of carbonyl (C=O) groups is 1. The first-order chi connectivity index (χ1) is 9.66. The highest BCUT2D eigenvalue weighted by atomic mass is 35.5. The van der Waals surface area contributed by atoms with Crippen LogP contribution in [0.25, 0.3) is 5.69 Å². The van der Waals surface area contributed by atoms with Gasteiger partial charge in [0, 0.05) is 17.1 Å². The Hall–Kier alpha value is -1.46. The molecule has 1 aliphatic rings. The molecule has 0 fully saturated rings. The van der Waals surface area contributed by atoms with Crippen LogP contribution in [0.1, 0.15) is 18.2 Å². The molecule has 1 amide bonds. The third-order valence-electron chi connectivity index (χ3n) is 3.16. The van der Waals surface area contributed by atoms with E-state index in [1.54, 1.807) is 23.4 Å². The van der Waals surface area contributed by atoms with Crippen LogP contribution >= 0.6 is 23.4 Å². The number of benzene rings is 1. The van der Waals surface area contributed by atoms with Crippen LogP contribution < -0.4 is 5.32 Å². The number of alkyl halides is 1. The van der Waals surface area contributed by atoms with Crippen LogP contribution in [-0.2, 0) is 16.3 Å². The highest BCUT2D eigenvalue weighted by molar-refractivity contribution is 7.98. The molecule has 4 nitrogen and oxygen atoms in total. The Morgan fingerprint density at radius 1 is 1.40 bits per heavy atom. The smallest absolute Gasteiger partial charge is 0.243 e. The summed E-state index contributed by atoms with van der Waals surface area (Å²) in [5.41, 5.74) is 3.07. The molecular formula is C14H14ClN3OS. The molecule has 0 spiro atoms. The van der Waals surface area contributed by atoms with Gasteiger partial charge < -0.3 is 5.32 Å². The molecule has 2 heterocycles. The number of amides is 1. The molecule has 1 aliphatic heterocycles. The number of carbonyl (C=O) groups excluding carboxylic acids is 1. The van der Waals surface area contributed by atoms with Crippen molar-refractivity contribution in [1.29, 1.82) is 0 Å². The number of aromatic nitrogens is 2. The summed E-state index contributed by atoms with van der Waals surface area (Å²) in [6.45, 7) is 1.66. The quantitative estimate of drug-likeness (QED) is 0.886. The predicted octanol–water partition coefficient (Wildman–Crippen LogP) is 3.18. The fourth-order valence-corrected chi connectivity index (χ4v) is 3.20. The van der Waals surface area contributed by atoms with Crippen molar-refractivity contribution >= 4 is 35.1 Å². The van der Waals surface area contributed by atoms with E-state index in [-0.39, 0.29) is 5.91 Å². The second-order valence-corrected chi connectivity index (χ2v) is 6.26. The summed E-state index contributed by atoms with van der Waals surface area (Å²) in [5, 5.41) is 6.95.